The number of rotatable bonds is 5. The van der Waals surface area contributed by atoms with Gasteiger partial charge < -0.3 is 9.64 Å². The molecule has 0 aliphatic carbocycles. The minimum absolute atomic E-state index is 0.0318. The Balaban J connectivity index is 1.18. The van der Waals surface area contributed by atoms with E-state index in [0.29, 0.717) is 32.0 Å². The Morgan fingerprint density at radius 2 is 1.55 bits per heavy atom. The van der Waals surface area contributed by atoms with Crippen molar-refractivity contribution in [3.05, 3.63) is 24.5 Å². The van der Waals surface area contributed by atoms with Crippen LogP contribution in [0, 0.1) is 5.92 Å². The molecule has 1 amide bonds. The van der Waals surface area contributed by atoms with E-state index in [1.54, 1.807) is 12.4 Å². The van der Waals surface area contributed by atoms with E-state index in [2.05, 4.69) is 9.88 Å². The van der Waals surface area contributed by atoms with Crippen molar-refractivity contribution < 1.29 is 17.9 Å². The predicted octanol–water partition coefficient (Wildman–Crippen LogP) is 1.59. The number of piperidine rings is 3. The number of likely N-dealkylation sites (tertiary alicyclic amines) is 2. The lowest BCUT2D eigenvalue weighted by Crippen LogP contribution is -2.51. The second-order valence-electron chi connectivity index (χ2n) is 9.03. The van der Waals surface area contributed by atoms with Crippen LogP contribution in [-0.2, 0) is 14.8 Å². The highest BCUT2D eigenvalue weighted by Gasteiger charge is 2.34. The van der Waals surface area contributed by atoms with Gasteiger partial charge in [0.2, 0.25) is 15.9 Å². The van der Waals surface area contributed by atoms with Gasteiger partial charge in [-0.25, -0.2) is 12.7 Å². The molecule has 0 atom stereocenters. The van der Waals surface area contributed by atoms with Gasteiger partial charge in [0.1, 0.15) is 11.9 Å². The molecule has 31 heavy (non-hydrogen) atoms. The molecule has 172 valence electrons. The van der Waals surface area contributed by atoms with Crippen molar-refractivity contribution in [2.24, 2.45) is 5.92 Å². The maximum atomic E-state index is 12.9. The number of carbonyl (C=O) groups excluding carboxylic acids is 1. The number of nitrogens with zero attached hydrogens (tertiary/aromatic N) is 4. The van der Waals surface area contributed by atoms with E-state index in [-0.39, 0.29) is 17.9 Å². The van der Waals surface area contributed by atoms with Crippen molar-refractivity contribution in [1.29, 1.82) is 0 Å². The van der Waals surface area contributed by atoms with E-state index < -0.39 is 10.0 Å². The van der Waals surface area contributed by atoms with E-state index >= 15 is 0 Å². The van der Waals surface area contributed by atoms with E-state index in [0.717, 1.165) is 57.6 Å². The normalized spacial score (nSPS) is 23.7. The fraction of sp³-hybridized carbons (Fsp3) is 0.727. The van der Waals surface area contributed by atoms with Crippen molar-refractivity contribution >= 4 is 15.9 Å². The first-order valence-electron chi connectivity index (χ1n) is 11.4. The number of carbonyl (C=O) groups is 1. The molecule has 0 N–H and O–H groups in total. The van der Waals surface area contributed by atoms with Gasteiger partial charge in [0.25, 0.3) is 0 Å². The van der Waals surface area contributed by atoms with Crippen LogP contribution in [0.1, 0.15) is 38.5 Å². The molecule has 8 nitrogen and oxygen atoms in total. The molecule has 9 heteroatoms. The SMILES string of the molecule is CS(=O)(=O)N1CCC(C(=O)N2CCC(N3CCC(Oc4ccncc4)CC3)CC2)CC1. The topological polar surface area (TPSA) is 83.1 Å². The van der Waals surface area contributed by atoms with Crippen molar-refractivity contribution in [2.45, 2.75) is 50.7 Å². The lowest BCUT2D eigenvalue weighted by Gasteiger charge is -2.42. The molecule has 0 bridgehead atoms. The molecule has 3 fully saturated rings. The largest absolute Gasteiger partial charge is 0.490 e. The van der Waals surface area contributed by atoms with E-state index in [1.807, 2.05) is 17.0 Å². The highest BCUT2D eigenvalue weighted by atomic mass is 32.2. The fourth-order valence-corrected chi connectivity index (χ4v) is 5.99. The zero-order valence-corrected chi connectivity index (χ0v) is 19.2. The van der Waals surface area contributed by atoms with E-state index in [9.17, 15) is 13.2 Å². The summed E-state index contributed by atoms with van der Waals surface area (Å²) in [6.07, 6.45) is 10.4. The summed E-state index contributed by atoms with van der Waals surface area (Å²) in [7, 11) is -3.15. The van der Waals surface area contributed by atoms with Gasteiger partial charge in [0.05, 0.1) is 6.26 Å². The second-order valence-corrected chi connectivity index (χ2v) is 11.0. The summed E-state index contributed by atoms with van der Waals surface area (Å²) in [5, 5.41) is 0. The van der Waals surface area contributed by atoms with Crippen molar-refractivity contribution in [1.82, 2.24) is 19.1 Å². The predicted molar refractivity (Wildman–Crippen MR) is 118 cm³/mol. The summed E-state index contributed by atoms with van der Waals surface area (Å²) < 4.78 is 30.9. The number of amides is 1. The standard InChI is InChI=1S/C22H34N4O4S/c1-31(28,29)26-16-4-18(5-17-26)22(27)25-12-6-19(7-13-25)24-14-8-21(9-15-24)30-20-2-10-23-11-3-20/h2-3,10-11,18-19,21H,4-9,12-17H2,1H3. The molecule has 0 spiro atoms. The Hall–Kier alpha value is -1.71. The molecule has 4 heterocycles. The van der Waals surface area contributed by atoms with Crippen LogP contribution in [0.4, 0.5) is 0 Å². The third-order valence-corrected chi connectivity index (χ3v) is 8.30. The molecule has 4 rings (SSSR count). The highest BCUT2D eigenvalue weighted by molar-refractivity contribution is 7.88. The smallest absolute Gasteiger partial charge is 0.225 e. The summed E-state index contributed by atoms with van der Waals surface area (Å²) in [4.78, 5) is 21.5. The first-order valence-corrected chi connectivity index (χ1v) is 13.3. The van der Waals surface area contributed by atoms with Gasteiger partial charge in [-0.1, -0.05) is 0 Å². The van der Waals surface area contributed by atoms with E-state index in [1.165, 1.54) is 10.6 Å². The molecular formula is C22H34N4O4S. The maximum Gasteiger partial charge on any atom is 0.225 e. The van der Waals surface area contributed by atoms with E-state index in [4.69, 9.17) is 4.74 Å². The lowest BCUT2D eigenvalue weighted by molar-refractivity contribution is -0.138. The lowest BCUT2D eigenvalue weighted by atomic mass is 9.94. The summed E-state index contributed by atoms with van der Waals surface area (Å²) >= 11 is 0. The van der Waals surface area contributed by atoms with Crippen LogP contribution in [0.15, 0.2) is 24.5 Å². The molecule has 3 aliphatic rings. The van der Waals surface area contributed by atoms with Gasteiger partial charge in [-0.2, -0.15) is 0 Å². The molecule has 3 saturated heterocycles. The van der Waals surface area contributed by atoms with Crippen LogP contribution in [0.25, 0.3) is 0 Å². The van der Waals surface area contributed by atoms with Crippen molar-refractivity contribution in [3.8, 4) is 5.75 Å². The molecule has 0 aromatic carbocycles. The van der Waals surface area contributed by atoms with Gasteiger partial charge >= 0.3 is 0 Å². The molecule has 3 aliphatic heterocycles. The highest BCUT2D eigenvalue weighted by Crippen LogP contribution is 2.26. The zero-order valence-electron chi connectivity index (χ0n) is 18.4. The number of pyridine rings is 1. The van der Waals surface area contributed by atoms with Gasteiger partial charge in [-0.3, -0.25) is 14.7 Å². The Labute approximate surface area is 185 Å². The Morgan fingerprint density at radius 1 is 0.935 bits per heavy atom. The Bertz CT molecular complexity index is 826. The Kier molecular flexibility index (Phi) is 7.13. The van der Waals surface area contributed by atoms with Crippen molar-refractivity contribution in [2.75, 3.05) is 45.5 Å². The summed E-state index contributed by atoms with van der Waals surface area (Å²) in [5.41, 5.74) is 0. The number of sulfonamides is 1. The van der Waals surface area contributed by atoms with Gasteiger partial charge in [-0.05, 0) is 50.7 Å². The first kappa shape index (κ1) is 22.5. The third kappa shape index (κ3) is 5.75. The van der Waals surface area contributed by atoms with Crippen LogP contribution in [-0.4, -0.2) is 91.1 Å². The zero-order chi connectivity index (χ0) is 21.8. The molecule has 1 aromatic rings. The summed E-state index contributed by atoms with van der Waals surface area (Å²) in [6, 6.07) is 4.35. The number of ether oxygens (including phenoxy) is 1. The monoisotopic (exact) mass is 450 g/mol. The fourth-order valence-electron chi connectivity index (χ4n) is 5.11. The molecule has 0 unspecified atom stereocenters. The first-order chi connectivity index (χ1) is 14.9. The number of aromatic nitrogens is 1. The molecule has 0 radical (unpaired) electrons. The molecule has 0 saturated carbocycles. The minimum atomic E-state index is -3.15. The number of hydrogen-bond donors (Lipinski definition) is 0. The van der Waals surface area contributed by atoms with Crippen LogP contribution < -0.4 is 4.74 Å². The number of hydrogen-bond acceptors (Lipinski definition) is 6. The minimum Gasteiger partial charge on any atom is -0.490 e. The van der Waals surface area contributed by atoms with Crippen LogP contribution >= 0.6 is 0 Å². The average Bonchev–Trinajstić information content (AvgIpc) is 2.79. The molecule has 1 aromatic heterocycles. The summed E-state index contributed by atoms with van der Waals surface area (Å²) in [6.45, 7) is 4.62. The van der Waals surface area contributed by atoms with Gasteiger partial charge in [-0.15, -0.1) is 0 Å². The Morgan fingerprint density at radius 3 is 2.13 bits per heavy atom. The summed E-state index contributed by atoms with van der Waals surface area (Å²) in [5.74, 6) is 1.08. The molecular weight excluding hydrogens is 416 g/mol. The average molecular weight is 451 g/mol. The quantitative estimate of drug-likeness (QED) is 0.678. The van der Waals surface area contributed by atoms with Crippen LogP contribution in [0.2, 0.25) is 0 Å². The van der Waals surface area contributed by atoms with Crippen LogP contribution in [0.3, 0.4) is 0 Å². The van der Waals surface area contributed by atoms with Crippen LogP contribution in [0.5, 0.6) is 5.75 Å². The van der Waals surface area contributed by atoms with Gasteiger partial charge in [0.15, 0.2) is 0 Å². The van der Waals surface area contributed by atoms with Gasteiger partial charge in [0, 0.05) is 63.6 Å². The second kappa shape index (κ2) is 9.83. The third-order valence-electron chi connectivity index (χ3n) is 6.99. The maximum absolute atomic E-state index is 12.9. The van der Waals surface area contributed by atoms with Crippen molar-refractivity contribution in [3.63, 3.8) is 0 Å².